The molecule has 0 bridgehead atoms. The molecule has 0 N–H and O–H groups in total. The number of ether oxygens (including phenoxy) is 2. The Morgan fingerprint density at radius 2 is 1.08 bits per heavy atom. The minimum Gasteiger partial charge on any atom is -0.496 e. The largest absolute Gasteiger partial charge is 0.496 e. The van der Waals surface area contributed by atoms with Crippen LogP contribution in [0.3, 0.4) is 0 Å². The molecule has 0 aliphatic heterocycles. The molecule has 0 amide bonds. The van der Waals surface area contributed by atoms with E-state index >= 15 is 0 Å². The van der Waals surface area contributed by atoms with Crippen molar-refractivity contribution < 1.29 is 9.47 Å². The molecule has 2 unspecified atom stereocenters. The number of aryl methyl sites for hydroxylation is 8. The molecule has 0 radical (unpaired) electrons. The highest BCUT2D eigenvalue weighted by molar-refractivity contribution is 7.80. The van der Waals surface area contributed by atoms with Gasteiger partial charge in [0, 0.05) is 18.2 Å². The minimum absolute atomic E-state index is 0.124. The van der Waals surface area contributed by atoms with Crippen LogP contribution >= 0.6 is 15.8 Å². The molecule has 4 heteroatoms. The summed E-state index contributed by atoms with van der Waals surface area (Å²) in [4.78, 5) is 0. The molecule has 0 fully saturated rings. The molecule has 0 saturated carbocycles. The van der Waals surface area contributed by atoms with E-state index in [2.05, 4.69) is 159 Å². The van der Waals surface area contributed by atoms with Gasteiger partial charge < -0.3 is 9.47 Å². The lowest BCUT2D eigenvalue weighted by Crippen LogP contribution is -2.28. The van der Waals surface area contributed by atoms with Crippen molar-refractivity contribution in [1.29, 1.82) is 0 Å². The Balaban J connectivity index is 1.74. The molecule has 2 nitrogen and oxygen atoms in total. The van der Waals surface area contributed by atoms with Gasteiger partial charge in [-0.15, -0.1) is 0 Å². The van der Waals surface area contributed by atoms with Crippen molar-refractivity contribution in [3.8, 4) is 5.75 Å². The van der Waals surface area contributed by atoms with Crippen LogP contribution in [0.25, 0.3) is 5.57 Å². The Kier molecular flexibility index (Phi) is 12.0. The van der Waals surface area contributed by atoms with Gasteiger partial charge in [0.15, 0.2) is 0 Å². The highest BCUT2D eigenvalue weighted by atomic mass is 31.1. The summed E-state index contributed by atoms with van der Waals surface area (Å²) in [5, 5.41) is 8.12. The first kappa shape index (κ1) is 37.9. The van der Waals surface area contributed by atoms with Crippen LogP contribution in [0.5, 0.6) is 5.75 Å². The van der Waals surface area contributed by atoms with E-state index in [4.69, 9.17) is 9.47 Å². The number of benzene rings is 5. The van der Waals surface area contributed by atoms with E-state index in [9.17, 15) is 0 Å². The number of methoxy groups -OCH3 is 2. The smallest absolute Gasteiger partial charge is 0.127 e. The SMILES string of the molecule is CCCc1cc(C)cc(P(c2cc(C)cc(C)c2)c2cccc(OC)c2C2=C(P(c3cc(C)cc(C)c3)c3cc(C)cc(C)c3)C=CCC2OC)c1. The first-order valence-electron chi connectivity index (χ1n) is 18.6. The van der Waals surface area contributed by atoms with E-state index in [0.717, 1.165) is 25.0 Å². The summed E-state index contributed by atoms with van der Waals surface area (Å²) in [6.07, 6.45) is 7.61. The van der Waals surface area contributed by atoms with Crippen molar-refractivity contribution >= 4 is 47.9 Å². The maximum absolute atomic E-state index is 6.51. The van der Waals surface area contributed by atoms with Crippen LogP contribution in [0, 0.1) is 48.5 Å². The molecule has 0 saturated heterocycles. The quantitative estimate of drug-likeness (QED) is 0.126. The predicted octanol–water partition coefficient (Wildman–Crippen LogP) is 10.4. The second-order valence-electron chi connectivity index (χ2n) is 14.7. The van der Waals surface area contributed by atoms with Crippen LogP contribution in [0.15, 0.2) is 108 Å². The summed E-state index contributed by atoms with van der Waals surface area (Å²) in [7, 11) is 1.78. The lowest BCUT2D eigenvalue weighted by Gasteiger charge is -2.33. The third-order valence-electron chi connectivity index (χ3n) is 9.80. The minimum atomic E-state index is -0.967. The normalized spacial score (nSPS) is 15.0. The second kappa shape index (κ2) is 16.5. The molecular weight excluding hydrogens is 670 g/mol. The van der Waals surface area contributed by atoms with E-state index in [0.29, 0.717) is 0 Å². The molecule has 52 heavy (non-hydrogen) atoms. The molecule has 5 aromatic carbocycles. The maximum Gasteiger partial charge on any atom is 0.127 e. The van der Waals surface area contributed by atoms with Crippen LogP contribution in [0.2, 0.25) is 0 Å². The van der Waals surface area contributed by atoms with E-state index in [1.807, 2.05) is 14.2 Å². The monoisotopic (exact) mass is 724 g/mol. The van der Waals surface area contributed by atoms with Gasteiger partial charge in [-0.1, -0.05) is 149 Å². The topological polar surface area (TPSA) is 18.5 Å². The lowest BCUT2D eigenvalue weighted by molar-refractivity contribution is 0.150. The number of allylic oxidation sites excluding steroid dienone is 2. The Hall–Kier alpha value is -3.80. The molecule has 0 aromatic heterocycles. The van der Waals surface area contributed by atoms with Crippen LogP contribution in [-0.2, 0) is 11.2 Å². The first-order chi connectivity index (χ1) is 25.0. The van der Waals surface area contributed by atoms with Gasteiger partial charge in [-0.05, 0) is 121 Å². The highest BCUT2D eigenvalue weighted by Crippen LogP contribution is 2.53. The van der Waals surface area contributed by atoms with E-state index in [1.165, 1.54) is 87.5 Å². The first-order valence-corrected chi connectivity index (χ1v) is 21.2. The van der Waals surface area contributed by atoms with Crippen LogP contribution < -0.4 is 31.3 Å². The summed E-state index contributed by atoms with van der Waals surface area (Å²) in [5.74, 6) is 0.899. The molecule has 6 rings (SSSR count). The van der Waals surface area contributed by atoms with Gasteiger partial charge in [-0.25, -0.2) is 0 Å². The number of rotatable bonds is 11. The zero-order valence-corrected chi connectivity index (χ0v) is 34.5. The Bertz CT molecular complexity index is 2040. The van der Waals surface area contributed by atoms with Crippen molar-refractivity contribution in [2.75, 3.05) is 14.2 Å². The van der Waals surface area contributed by atoms with E-state index in [-0.39, 0.29) is 6.10 Å². The van der Waals surface area contributed by atoms with E-state index in [1.54, 1.807) is 0 Å². The van der Waals surface area contributed by atoms with Gasteiger partial charge in [0.2, 0.25) is 0 Å². The van der Waals surface area contributed by atoms with Gasteiger partial charge in [-0.2, -0.15) is 0 Å². The average molecular weight is 725 g/mol. The molecular formula is C48H54O2P2. The second-order valence-corrected chi connectivity index (χ2v) is 19.0. The van der Waals surface area contributed by atoms with Gasteiger partial charge in [0.05, 0.1) is 13.2 Å². The third-order valence-corrected chi connectivity index (χ3v) is 14.6. The Morgan fingerprint density at radius 1 is 0.596 bits per heavy atom. The van der Waals surface area contributed by atoms with Crippen molar-refractivity contribution in [3.05, 3.63) is 159 Å². The van der Waals surface area contributed by atoms with Crippen molar-refractivity contribution in [2.24, 2.45) is 0 Å². The number of hydrogen-bond donors (Lipinski definition) is 0. The van der Waals surface area contributed by atoms with Crippen LogP contribution in [0.4, 0.5) is 0 Å². The molecule has 1 aliphatic rings. The number of hydrogen-bond acceptors (Lipinski definition) is 2. The standard InChI is InChI=1S/C48H54O2P2/c1-11-14-38-22-37(8)29-42(30-38)52(41-27-35(6)21-36(7)28-41)46-18-13-16-44(50-10)48(46)47-43(49-9)15-12-17-45(47)51(39-23-31(2)19-32(3)24-39)40-25-33(4)20-34(5)26-40/h12-13,16-30,43H,11,14-15H2,1-10H3. The van der Waals surface area contributed by atoms with Crippen molar-refractivity contribution in [3.63, 3.8) is 0 Å². The fourth-order valence-corrected chi connectivity index (χ4v) is 13.8. The molecule has 1 aliphatic carbocycles. The van der Waals surface area contributed by atoms with Crippen molar-refractivity contribution in [2.45, 2.75) is 80.8 Å². The fraction of sp³-hybridized carbons (Fsp3) is 0.292. The highest BCUT2D eigenvalue weighted by Gasteiger charge is 2.34. The van der Waals surface area contributed by atoms with Gasteiger partial charge >= 0.3 is 0 Å². The summed E-state index contributed by atoms with van der Waals surface area (Å²) >= 11 is 0. The average Bonchev–Trinajstić information content (AvgIpc) is 3.07. The zero-order valence-electron chi connectivity index (χ0n) is 32.7. The summed E-state index contributed by atoms with van der Waals surface area (Å²) in [6.45, 7) is 17.9. The van der Waals surface area contributed by atoms with Crippen molar-refractivity contribution in [1.82, 2.24) is 0 Å². The molecule has 0 spiro atoms. The fourth-order valence-electron chi connectivity index (χ4n) is 8.02. The Labute approximate surface area is 315 Å². The van der Waals surface area contributed by atoms with Crippen LogP contribution in [0.1, 0.15) is 69.8 Å². The van der Waals surface area contributed by atoms with Gasteiger partial charge in [0.1, 0.15) is 5.75 Å². The summed E-state index contributed by atoms with van der Waals surface area (Å²) in [5.41, 5.74) is 12.9. The zero-order chi connectivity index (χ0) is 37.1. The summed E-state index contributed by atoms with van der Waals surface area (Å²) < 4.78 is 12.9. The lowest BCUT2D eigenvalue weighted by atomic mass is 9.93. The molecule has 2 atom stereocenters. The third kappa shape index (κ3) is 8.21. The van der Waals surface area contributed by atoms with E-state index < -0.39 is 15.8 Å². The maximum atomic E-state index is 6.51. The van der Waals surface area contributed by atoms with Crippen LogP contribution in [-0.4, -0.2) is 20.3 Å². The predicted molar refractivity (Wildman–Crippen MR) is 229 cm³/mol. The van der Waals surface area contributed by atoms with Gasteiger partial charge in [-0.3, -0.25) is 0 Å². The summed E-state index contributed by atoms with van der Waals surface area (Å²) in [6, 6.07) is 35.3. The molecule has 5 aromatic rings. The Morgan fingerprint density at radius 3 is 1.56 bits per heavy atom. The van der Waals surface area contributed by atoms with Gasteiger partial charge in [0.25, 0.3) is 0 Å². The molecule has 0 heterocycles. The molecule has 268 valence electrons.